The molecule has 33 heavy (non-hydrogen) atoms. The van der Waals surface area contributed by atoms with E-state index >= 15 is 0 Å². The lowest BCUT2D eigenvalue weighted by Gasteiger charge is -2.22. The third-order valence-electron chi connectivity index (χ3n) is 4.85. The lowest BCUT2D eigenvalue weighted by molar-refractivity contribution is 0.0955. The number of para-hydroxylation sites is 1. The molecule has 0 atom stereocenters. The first kappa shape index (κ1) is 22.8. The molecule has 0 bridgehead atoms. The van der Waals surface area contributed by atoms with Crippen LogP contribution in [0.4, 0.5) is 5.69 Å². The molecule has 8 nitrogen and oxygen atoms in total. The molecule has 0 saturated heterocycles. The third kappa shape index (κ3) is 5.52. The normalized spacial score (nSPS) is 12.7. The number of hydrogen-bond donors (Lipinski definition) is 1. The number of hydrogen-bond acceptors (Lipinski definition) is 6. The van der Waals surface area contributed by atoms with Gasteiger partial charge in [-0.1, -0.05) is 30.3 Å². The number of carbonyl (C=O) groups is 1. The maximum atomic E-state index is 12.4. The number of sulfonamides is 1. The van der Waals surface area contributed by atoms with E-state index in [1.54, 1.807) is 60.7 Å². The monoisotopic (exact) mass is 529 g/mol. The molecular formula is C23H20BrN3O5S. The minimum absolute atomic E-state index is 0.154. The molecule has 0 fully saturated rings. The highest BCUT2D eigenvalue weighted by molar-refractivity contribution is 9.10. The summed E-state index contributed by atoms with van der Waals surface area (Å²) in [5.74, 6) is 0.864. The Balaban J connectivity index is 1.41. The van der Waals surface area contributed by atoms with Crippen LogP contribution >= 0.6 is 15.9 Å². The van der Waals surface area contributed by atoms with Gasteiger partial charge in [-0.15, -0.1) is 0 Å². The highest BCUT2D eigenvalue weighted by Gasteiger charge is 2.18. The van der Waals surface area contributed by atoms with Crippen molar-refractivity contribution in [2.24, 2.45) is 5.10 Å². The number of rotatable bonds is 7. The van der Waals surface area contributed by atoms with E-state index in [4.69, 9.17) is 9.47 Å². The molecule has 3 aromatic rings. The van der Waals surface area contributed by atoms with Crippen LogP contribution in [0.25, 0.3) is 0 Å². The van der Waals surface area contributed by atoms with E-state index in [0.717, 1.165) is 15.6 Å². The standard InChI is InChI=1S/C23H20BrN3O5S/c1-33(29,30)27(19-5-3-2-4-6-19)14-16-7-9-17(10-8-16)23(28)26-25-13-18-11-21-22(12-20(18)24)32-15-31-21/h2-13H,14-15H2,1H3,(H,26,28)/b25-13-. The van der Waals surface area contributed by atoms with Gasteiger partial charge in [0.1, 0.15) is 0 Å². The molecule has 4 rings (SSSR count). The maximum absolute atomic E-state index is 12.4. The smallest absolute Gasteiger partial charge is 0.271 e. The van der Waals surface area contributed by atoms with Gasteiger partial charge in [0.25, 0.3) is 5.91 Å². The van der Waals surface area contributed by atoms with Crippen LogP contribution in [0.1, 0.15) is 21.5 Å². The minimum Gasteiger partial charge on any atom is -0.454 e. The number of nitrogens with one attached hydrogen (secondary N) is 1. The average Bonchev–Trinajstić information content (AvgIpc) is 3.24. The van der Waals surface area contributed by atoms with E-state index in [9.17, 15) is 13.2 Å². The maximum Gasteiger partial charge on any atom is 0.271 e. The van der Waals surface area contributed by atoms with Crippen LogP contribution in [-0.2, 0) is 16.6 Å². The molecule has 1 aliphatic rings. The zero-order valence-corrected chi connectivity index (χ0v) is 20.0. The Hall–Kier alpha value is -3.37. The topological polar surface area (TPSA) is 97.3 Å². The van der Waals surface area contributed by atoms with Gasteiger partial charge in [-0.3, -0.25) is 9.10 Å². The van der Waals surface area contributed by atoms with Crippen molar-refractivity contribution >= 4 is 43.8 Å². The van der Waals surface area contributed by atoms with Crippen LogP contribution in [0.2, 0.25) is 0 Å². The van der Waals surface area contributed by atoms with Crippen LogP contribution < -0.4 is 19.2 Å². The number of anilines is 1. The second-order valence-electron chi connectivity index (χ2n) is 7.23. The molecule has 0 radical (unpaired) electrons. The van der Waals surface area contributed by atoms with Crippen LogP contribution in [-0.4, -0.2) is 33.6 Å². The fourth-order valence-electron chi connectivity index (χ4n) is 3.18. The van der Waals surface area contributed by atoms with E-state index < -0.39 is 15.9 Å². The third-order valence-corrected chi connectivity index (χ3v) is 6.68. The van der Waals surface area contributed by atoms with Crippen molar-refractivity contribution in [3.05, 3.63) is 87.9 Å². The molecule has 0 saturated carbocycles. The summed E-state index contributed by atoms with van der Waals surface area (Å²) in [6, 6.07) is 19.1. The van der Waals surface area contributed by atoms with Crippen molar-refractivity contribution in [3.63, 3.8) is 0 Å². The van der Waals surface area contributed by atoms with Gasteiger partial charge in [-0.2, -0.15) is 5.10 Å². The second-order valence-corrected chi connectivity index (χ2v) is 9.99. The summed E-state index contributed by atoms with van der Waals surface area (Å²) in [6.07, 6.45) is 2.67. The predicted molar refractivity (Wildman–Crippen MR) is 129 cm³/mol. The largest absolute Gasteiger partial charge is 0.454 e. The Morgan fingerprint density at radius 3 is 2.42 bits per heavy atom. The number of benzene rings is 3. The number of fused-ring (bicyclic) bond motifs is 1. The Bertz CT molecular complexity index is 1300. The number of amides is 1. The van der Waals surface area contributed by atoms with Crippen molar-refractivity contribution in [2.75, 3.05) is 17.4 Å². The Morgan fingerprint density at radius 2 is 1.76 bits per heavy atom. The summed E-state index contributed by atoms with van der Waals surface area (Å²) in [6.45, 7) is 0.323. The number of hydrazone groups is 1. The van der Waals surface area contributed by atoms with Crippen molar-refractivity contribution in [1.29, 1.82) is 0 Å². The van der Waals surface area contributed by atoms with E-state index in [1.165, 1.54) is 16.8 Å². The number of nitrogens with zero attached hydrogens (tertiary/aromatic N) is 2. The van der Waals surface area contributed by atoms with Gasteiger partial charge in [0.2, 0.25) is 16.8 Å². The first-order valence-electron chi connectivity index (χ1n) is 9.85. The highest BCUT2D eigenvalue weighted by Crippen LogP contribution is 2.36. The molecule has 0 spiro atoms. The second kappa shape index (κ2) is 9.63. The van der Waals surface area contributed by atoms with E-state index in [0.29, 0.717) is 22.7 Å². The molecule has 0 unspecified atom stereocenters. The van der Waals surface area contributed by atoms with Gasteiger partial charge in [0, 0.05) is 15.6 Å². The molecule has 170 valence electrons. The van der Waals surface area contributed by atoms with Crippen molar-refractivity contribution in [1.82, 2.24) is 5.43 Å². The van der Waals surface area contributed by atoms with E-state index in [2.05, 4.69) is 26.5 Å². The van der Waals surface area contributed by atoms with Crippen molar-refractivity contribution in [3.8, 4) is 11.5 Å². The van der Waals surface area contributed by atoms with Gasteiger partial charge in [0.15, 0.2) is 11.5 Å². The predicted octanol–water partition coefficient (Wildman–Crippen LogP) is 3.91. The molecule has 1 N–H and O–H groups in total. The number of ether oxygens (including phenoxy) is 2. The van der Waals surface area contributed by atoms with Gasteiger partial charge in [-0.25, -0.2) is 13.8 Å². The van der Waals surface area contributed by atoms with E-state index in [-0.39, 0.29) is 13.3 Å². The van der Waals surface area contributed by atoms with E-state index in [1.807, 2.05) is 6.07 Å². The molecule has 3 aromatic carbocycles. The van der Waals surface area contributed by atoms with Gasteiger partial charge < -0.3 is 9.47 Å². The first-order chi connectivity index (χ1) is 15.8. The molecule has 1 amide bonds. The Kier molecular flexibility index (Phi) is 6.66. The van der Waals surface area contributed by atoms with Crippen LogP contribution in [0.3, 0.4) is 0 Å². The van der Waals surface area contributed by atoms with Crippen LogP contribution in [0.15, 0.2) is 76.3 Å². The Morgan fingerprint density at radius 1 is 1.09 bits per heavy atom. The zero-order chi connectivity index (χ0) is 23.4. The summed E-state index contributed by atoms with van der Waals surface area (Å²) in [7, 11) is -3.47. The molecular weight excluding hydrogens is 510 g/mol. The molecule has 0 aliphatic carbocycles. The lowest BCUT2D eigenvalue weighted by atomic mass is 10.1. The first-order valence-corrected chi connectivity index (χ1v) is 12.5. The summed E-state index contributed by atoms with van der Waals surface area (Å²) in [5, 5.41) is 4.01. The van der Waals surface area contributed by atoms with Crippen molar-refractivity contribution in [2.45, 2.75) is 6.54 Å². The summed E-state index contributed by atoms with van der Waals surface area (Å²) in [4.78, 5) is 12.4. The summed E-state index contributed by atoms with van der Waals surface area (Å²) >= 11 is 3.43. The minimum atomic E-state index is -3.47. The van der Waals surface area contributed by atoms with Crippen molar-refractivity contribution < 1.29 is 22.7 Å². The van der Waals surface area contributed by atoms with Gasteiger partial charge in [0.05, 0.1) is 24.7 Å². The lowest BCUT2D eigenvalue weighted by Crippen LogP contribution is -2.29. The van der Waals surface area contributed by atoms with Crippen LogP contribution in [0.5, 0.6) is 11.5 Å². The number of carbonyl (C=O) groups excluding carboxylic acids is 1. The number of halogens is 1. The summed E-state index contributed by atoms with van der Waals surface area (Å²) in [5.41, 5.74) is 4.92. The summed E-state index contributed by atoms with van der Waals surface area (Å²) < 4.78 is 37.2. The van der Waals surface area contributed by atoms with Gasteiger partial charge in [-0.05, 0) is 57.9 Å². The fourth-order valence-corrected chi connectivity index (χ4v) is 4.49. The fraction of sp³-hybridized carbons (Fsp3) is 0.130. The molecule has 1 aliphatic heterocycles. The average molecular weight is 530 g/mol. The molecule has 10 heteroatoms. The molecule has 0 aromatic heterocycles. The van der Waals surface area contributed by atoms with Gasteiger partial charge >= 0.3 is 0 Å². The SMILES string of the molecule is CS(=O)(=O)N(Cc1ccc(C(=O)N/N=C\c2cc3c(cc2Br)OCO3)cc1)c1ccccc1. The quantitative estimate of drug-likeness (QED) is 0.369. The zero-order valence-electron chi connectivity index (χ0n) is 17.6. The molecule has 1 heterocycles. The Labute approximate surface area is 200 Å². The van der Waals surface area contributed by atoms with Crippen LogP contribution in [0, 0.1) is 0 Å². The highest BCUT2D eigenvalue weighted by atomic mass is 79.9.